The van der Waals surface area contributed by atoms with Crippen LogP contribution in [0.5, 0.6) is 0 Å². The van der Waals surface area contributed by atoms with Crippen LogP contribution in [-0.2, 0) is 6.54 Å². The van der Waals surface area contributed by atoms with Crippen LogP contribution in [0.1, 0.15) is 23.4 Å². The Bertz CT molecular complexity index is 703. The van der Waals surface area contributed by atoms with Crippen molar-refractivity contribution in [3.05, 3.63) is 69.5 Å². The Morgan fingerprint density at radius 3 is 2.76 bits per heavy atom. The van der Waals surface area contributed by atoms with Gasteiger partial charge in [-0.3, -0.25) is 0 Å². The second kappa shape index (κ2) is 6.52. The number of benzene rings is 1. The van der Waals surface area contributed by atoms with Gasteiger partial charge in [0.2, 0.25) is 0 Å². The molecule has 0 amide bonds. The molecule has 3 rings (SSSR count). The summed E-state index contributed by atoms with van der Waals surface area (Å²) in [4.78, 5) is 2.56. The molecule has 0 radical (unpaired) electrons. The quantitative estimate of drug-likeness (QED) is 0.658. The van der Waals surface area contributed by atoms with E-state index in [-0.39, 0.29) is 11.9 Å². The predicted molar refractivity (Wildman–Crippen MR) is 89.3 cm³/mol. The maximum Gasteiger partial charge on any atom is 0.127 e. The van der Waals surface area contributed by atoms with E-state index in [0.717, 1.165) is 6.54 Å². The van der Waals surface area contributed by atoms with Crippen molar-refractivity contribution in [1.29, 1.82) is 0 Å². The molecule has 0 bridgehead atoms. The second-order valence-corrected chi connectivity index (χ2v) is 6.85. The maximum atomic E-state index is 13.7. The van der Waals surface area contributed by atoms with Crippen LogP contribution in [0, 0.1) is 5.82 Å². The summed E-state index contributed by atoms with van der Waals surface area (Å²) in [6, 6.07) is 13.3. The summed E-state index contributed by atoms with van der Waals surface area (Å²) >= 11 is 3.49. The first-order valence-corrected chi connectivity index (χ1v) is 8.59. The summed E-state index contributed by atoms with van der Waals surface area (Å²) in [6.45, 7) is 2.75. The van der Waals surface area contributed by atoms with Crippen molar-refractivity contribution in [3.63, 3.8) is 0 Å². The third-order valence-corrected chi connectivity index (χ3v) is 5.27. The van der Waals surface area contributed by atoms with Crippen LogP contribution in [0.3, 0.4) is 0 Å². The molecule has 21 heavy (non-hydrogen) atoms. The highest BCUT2D eigenvalue weighted by Gasteiger charge is 2.10. The van der Waals surface area contributed by atoms with Crippen molar-refractivity contribution in [1.82, 2.24) is 5.32 Å². The normalized spacial score (nSPS) is 12.5. The molecule has 0 aliphatic heterocycles. The molecule has 4 heteroatoms. The van der Waals surface area contributed by atoms with Crippen molar-refractivity contribution >= 4 is 22.7 Å². The smallest absolute Gasteiger partial charge is 0.127 e. The standard InChI is InChI=1S/C17H16FNS2/c1-12(15-5-2-3-6-16(15)18)19-10-14-9-13(11-21-14)17-7-4-8-20-17/h2-9,11-12,19H,10H2,1H3/t12-/m1/s1. The Balaban J connectivity index is 1.64. The summed E-state index contributed by atoms with van der Waals surface area (Å²) in [5, 5.41) is 7.65. The molecule has 0 fully saturated rings. The lowest BCUT2D eigenvalue weighted by Gasteiger charge is -2.14. The Morgan fingerprint density at radius 2 is 2.00 bits per heavy atom. The van der Waals surface area contributed by atoms with Crippen LogP contribution in [0.25, 0.3) is 10.4 Å². The zero-order valence-electron chi connectivity index (χ0n) is 11.7. The predicted octanol–water partition coefficient (Wildman–Crippen LogP) is 5.47. The molecular weight excluding hydrogens is 301 g/mol. The van der Waals surface area contributed by atoms with E-state index in [1.165, 1.54) is 21.4 Å². The fourth-order valence-electron chi connectivity index (χ4n) is 2.24. The lowest BCUT2D eigenvalue weighted by molar-refractivity contribution is 0.530. The average Bonchev–Trinajstić information content (AvgIpc) is 3.16. The summed E-state index contributed by atoms with van der Waals surface area (Å²) in [7, 11) is 0. The third kappa shape index (κ3) is 3.40. The van der Waals surface area contributed by atoms with Gasteiger partial charge in [0.1, 0.15) is 5.82 Å². The van der Waals surface area contributed by atoms with E-state index in [1.807, 2.05) is 19.1 Å². The van der Waals surface area contributed by atoms with E-state index in [1.54, 1.807) is 28.7 Å². The highest BCUT2D eigenvalue weighted by molar-refractivity contribution is 7.14. The Morgan fingerprint density at radius 1 is 1.14 bits per heavy atom. The highest BCUT2D eigenvalue weighted by Crippen LogP contribution is 2.29. The Labute approximate surface area is 132 Å². The van der Waals surface area contributed by atoms with E-state index in [9.17, 15) is 4.39 Å². The van der Waals surface area contributed by atoms with E-state index in [0.29, 0.717) is 5.56 Å². The molecule has 0 spiro atoms. The summed E-state index contributed by atoms with van der Waals surface area (Å²) in [5.41, 5.74) is 1.98. The number of hydrogen-bond donors (Lipinski definition) is 1. The first-order valence-electron chi connectivity index (χ1n) is 6.83. The zero-order valence-corrected chi connectivity index (χ0v) is 13.3. The maximum absolute atomic E-state index is 13.7. The van der Waals surface area contributed by atoms with E-state index < -0.39 is 0 Å². The Kier molecular flexibility index (Phi) is 4.48. The van der Waals surface area contributed by atoms with Crippen LogP contribution in [0.4, 0.5) is 4.39 Å². The van der Waals surface area contributed by atoms with Crippen LogP contribution >= 0.6 is 22.7 Å². The largest absolute Gasteiger partial charge is 0.305 e. The van der Waals surface area contributed by atoms with Crippen molar-refractivity contribution in [2.45, 2.75) is 19.5 Å². The highest BCUT2D eigenvalue weighted by atomic mass is 32.1. The molecule has 1 N–H and O–H groups in total. The fourth-order valence-corrected chi connectivity index (χ4v) is 3.86. The van der Waals surface area contributed by atoms with Gasteiger partial charge in [0.25, 0.3) is 0 Å². The number of hydrogen-bond acceptors (Lipinski definition) is 3. The molecule has 108 valence electrons. The van der Waals surface area contributed by atoms with Gasteiger partial charge in [0, 0.05) is 33.5 Å². The lowest BCUT2D eigenvalue weighted by Crippen LogP contribution is -2.18. The summed E-state index contributed by atoms with van der Waals surface area (Å²) in [6.07, 6.45) is 0. The average molecular weight is 317 g/mol. The molecule has 0 unspecified atom stereocenters. The molecule has 0 saturated carbocycles. The van der Waals surface area contributed by atoms with E-state index >= 15 is 0 Å². The molecule has 0 aliphatic rings. The minimum atomic E-state index is -0.150. The third-order valence-electron chi connectivity index (χ3n) is 3.41. The monoisotopic (exact) mass is 317 g/mol. The molecule has 1 aromatic carbocycles. The number of rotatable bonds is 5. The number of thiophene rings is 2. The summed E-state index contributed by atoms with van der Waals surface area (Å²) in [5.74, 6) is -0.150. The van der Waals surface area contributed by atoms with Gasteiger partial charge in [-0.25, -0.2) is 4.39 Å². The topological polar surface area (TPSA) is 12.0 Å². The molecule has 0 aliphatic carbocycles. The van der Waals surface area contributed by atoms with Gasteiger partial charge in [0.15, 0.2) is 0 Å². The van der Waals surface area contributed by atoms with E-state index in [4.69, 9.17) is 0 Å². The minimum Gasteiger partial charge on any atom is -0.305 e. The first kappa shape index (κ1) is 14.4. The molecular formula is C17H16FNS2. The SMILES string of the molecule is C[C@@H](NCc1cc(-c2cccs2)cs1)c1ccccc1F. The minimum absolute atomic E-state index is 0.00140. The van der Waals surface area contributed by atoms with Crippen molar-refractivity contribution in [2.75, 3.05) is 0 Å². The van der Waals surface area contributed by atoms with Gasteiger partial charge in [-0.2, -0.15) is 0 Å². The van der Waals surface area contributed by atoms with Gasteiger partial charge < -0.3 is 5.32 Å². The lowest BCUT2D eigenvalue weighted by atomic mass is 10.1. The summed E-state index contributed by atoms with van der Waals surface area (Å²) < 4.78 is 13.7. The molecule has 1 nitrogen and oxygen atoms in total. The Hall–Kier alpha value is -1.49. The number of halogens is 1. The molecule has 0 saturated heterocycles. The van der Waals surface area contributed by atoms with Gasteiger partial charge in [-0.1, -0.05) is 24.3 Å². The first-order chi connectivity index (χ1) is 10.2. The van der Waals surface area contributed by atoms with Crippen LogP contribution < -0.4 is 5.32 Å². The van der Waals surface area contributed by atoms with Crippen LogP contribution in [0.2, 0.25) is 0 Å². The zero-order chi connectivity index (χ0) is 14.7. The van der Waals surface area contributed by atoms with Crippen LogP contribution in [-0.4, -0.2) is 0 Å². The van der Waals surface area contributed by atoms with Crippen molar-refractivity contribution < 1.29 is 4.39 Å². The molecule has 2 heterocycles. The van der Waals surface area contributed by atoms with Crippen molar-refractivity contribution in [2.24, 2.45) is 0 Å². The van der Waals surface area contributed by atoms with Gasteiger partial charge in [-0.15, -0.1) is 22.7 Å². The second-order valence-electron chi connectivity index (χ2n) is 4.90. The molecule has 2 aromatic heterocycles. The van der Waals surface area contributed by atoms with Gasteiger partial charge >= 0.3 is 0 Å². The fraction of sp³-hybridized carbons (Fsp3) is 0.176. The number of nitrogens with one attached hydrogen (secondary N) is 1. The van der Waals surface area contributed by atoms with Crippen LogP contribution in [0.15, 0.2) is 53.2 Å². The van der Waals surface area contributed by atoms with Crippen molar-refractivity contribution in [3.8, 4) is 10.4 Å². The van der Waals surface area contributed by atoms with E-state index in [2.05, 4.69) is 34.3 Å². The molecule has 1 atom stereocenters. The molecule has 3 aromatic rings. The van der Waals surface area contributed by atoms with Gasteiger partial charge in [-0.05, 0) is 35.9 Å². The van der Waals surface area contributed by atoms with Gasteiger partial charge in [0.05, 0.1) is 0 Å².